The summed E-state index contributed by atoms with van der Waals surface area (Å²) in [4.78, 5) is 29.8. The van der Waals surface area contributed by atoms with Crippen LogP contribution in [0.1, 0.15) is 54.5 Å². The standard InChI is InChI=1S/C34H36N2O6/c1-21(37)41-29(23-6-4-3-5-7-23)19-36-16-15-34-25-10-11-26(35(2)30(39)13-8-22-14-17-40-20-22)33(34)42-32-28(38)12-9-24(31(32)34)18-27(25)36/h3-9,12-14,17,20,25-27,29,33,38H,10-11,15-16,18-19H2,1-2H3/t25-,26-,27+,29?,33-,34-/m0/s1. The average molecular weight is 569 g/mol. The summed E-state index contributed by atoms with van der Waals surface area (Å²) < 4.78 is 17.7. The van der Waals surface area contributed by atoms with Crippen molar-refractivity contribution >= 4 is 18.0 Å². The molecule has 1 spiro atoms. The van der Waals surface area contributed by atoms with Gasteiger partial charge in [-0.1, -0.05) is 36.4 Å². The van der Waals surface area contributed by atoms with Crippen molar-refractivity contribution in [1.82, 2.24) is 9.80 Å². The number of furan rings is 1. The molecule has 1 saturated carbocycles. The van der Waals surface area contributed by atoms with Gasteiger partial charge >= 0.3 is 5.97 Å². The Morgan fingerprint density at radius 2 is 2.02 bits per heavy atom. The van der Waals surface area contributed by atoms with Crippen molar-refractivity contribution in [2.24, 2.45) is 5.92 Å². The van der Waals surface area contributed by atoms with Crippen LogP contribution in [0.5, 0.6) is 11.5 Å². The summed E-state index contributed by atoms with van der Waals surface area (Å²) >= 11 is 0. The summed E-state index contributed by atoms with van der Waals surface area (Å²) in [5.41, 5.74) is 3.88. The molecule has 8 nitrogen and oxygen atoms in total. The van der Waals surface area contributed by atoms with E-state index in [1.807, 2.05) is 54.4 Å². The third kappa shape index (κ3) is 4.23. The molecule has 2 fully saturated rings. The molecule has 1 unspecified atom stereocenters. The SMILES string of the molecule is CC(=O)OC(CN1CC[C@]23c4c5ccc(O)c4O[C@H]2[C@@H](N(C)C(=O)C=Cc2ccoc2)CC[C@H]3[C@H]1C5)c1ccccc1. The Balaban J connectivity index is 1.21. The minimum Gasteiger partial charge on any atom is -0.504 e. The molecule has 1 amide bonds. The highest BCUT2D eigenvalue weighted by molar-refractivity contribution is 5.91. The highest BCUT2D eigenvalue weighted by Gasteiger charge is 2.66. The Morgan fingerprint density at radius 1 is 1.19 bits per heavy atom. The van der Waals surface area contributed by atoms with Crippen molar-refractivity contribution in [1.29, 1.82) is 0 Å². The molecule has 0 radical (unpaired) electrons. The number of carbonyl (C=O) groups excluding carboxylic acids is 2. The Labute approximate surface area is 245 Å². The number of likely N-dealkylation sites (tertiary alicyclic amines) is 1. The number of carbonyl (C=O) groups is 2. The van der Waals surface area contributed by atoms with E-state index in [4.69, 9.17) is 13.9 Å². The van der Waals surface area contributed by atoms with Crippen molar-refractivity contribution < 1.29 is 28.6 Å². The van der Waals surface area contributed by atoms with Gasteiger partial charge in [0.25, 0.3) is 0 Å². The predicted octanol–water partition coefficient (Wildman–Crippen LogP) is 4.87. The van der Waals surface area contributed by atoms with Crippen LogP contribution in [0.2, 0.25) is 0 Å². The van der Waals surface area contributed by atoms with Gasteiger partial charge in [0.15, 0.2) is 11.5 Å². The van der Waals surface area contributed by atoms with Gasteiger partial charge < -0.3 is 23.9 Å². The number of rotatable bonds is 7. The Bertz CT molecular complexity index is 1520. The molecule has 2 aromatic carbocycles. The topological polar surface area (TPSA) is 92.5 Å². The largest absolute Gasteiger partial charge is 0.504 e. The number of benzene rings is 2. The molecule has 1 saturated heterocycles. The quantitative estimate of drug-likeness (QED) is 0.321. The van der Waals surface area contributed by atoms with E-state index < -0.39 is 0 Å². The van der Waals surface area contributed by atoms with Crippen LogP contribution in [0.25, 0.3) is 6.08 Å². The third-order valence-electron chi connectivity index (χ3n) is 10.1. The number of amides is 1. The van der Waals surface area contributed by atoms with Gasteiger partial charge in [0, 0.05) is 49.2 Å². The Kier molecular flexibility index (Phi) is 6.61. The molecule has 7 rings (SSSR count). The van der Waals surface area contributed by atoms with E-state index >= 15 is 0 Å². The second-order valence-electron chi connectivity index (χ2n) is 12.1. The maximum atomic E-state index is 13.3. The lowest BCUT2D eigenvalue weighted by Gasteiger charge is -2.60. The molecule has 2 bridgehead atoms. The lowest BCUT2D eigenvalue weighted by atomic mass is 9.51. The predicted molar refractivity (Wildman–Crippen MR) is 156 cm³/mol. The lowest BCUT2D eigenvalue weighted by Crippen LogP contribution is -2.69. The van der Waals surface area contributed by atoms with E-state index in [0.717, 1.165) is 48.9 Å². The van der Waals surface area contributed by atoms with Gasteiger partial charge in [-0.15, -0.1) is 0 Å². The summed E-state index contributed by atoms with van der Waals surface area (Å²) in [6.07, 6.45) is 9.37. The van der Waals surface area contributed by atoms with Crippen molar-refractivity contribution in [3.8, 4) is 11.5 Å². The highest BCUT2D eigenvalue weighted by atomic mass is 16.5. The number of likely N-dealkylation sites (N-methyl/N-ethyl adjacent to an activating group) is 1. The number of nitrogens with zero attached hydrogens (tertiary/aromatic N) is 2. The van der Waals surface area contributed by atoms with Gasteiger partial charge in [-0.05, 0) is 67.5 Å². The molecule has 3 heterocycles. The molecule has 4 aliphatic rings. The summed E-state index contributed by atoms with van der Waals surface area (Å²) in [5.74, 6) is 0.686. The first kappa shape index (κ1) is 26.8. The van der Waals surface area contributed by atoms with Crippen LogP contribution in [0.15, 0.2) is 71.6 Å². The minimum atomic E-state index is -0.354. The number of phenols is 1. The maximum absolute atomic E-state index is 13.3. The number of piperidine rings is 1. The van der Waals surface area contributed by atoms with Crippen LogP contribution in [0, 0.1) is 5.92 Å². The normalized spacial score (nSPS) is 28.1. The molecule has 1 aromatic heterocycles. The molecule has 8 heteroatoms. The van der Waals surface area contributed by atoms with Crippen molar-refractivity contribution in [2.75, 3.05) is 20.1 Å². The first-order valence-electron chi connectivity index (χ1n) is 14.8. The van der Waals surface area contributed by atoms with Crippen LogP contribution in [0.4, 0.5) is 0 Å². The third-order valence-corrected chi connectivity index (χ3v) is 10.1. The van der Waals surface area contributed by atoms with Crippen LogP contribution in [-0.2, 0) is 26.2 Å². The van der Waals surface area contributed by atoms with E-state index in [-0.39, 0.29) is 47.3 Å². The monoisotopic (exact) mass is 568 g/mol. The van der Waals surface area contributed by atoms with E-state index in [1.54, 1.807) is 30.7 Å². The molecule has 1 N–H and O–H groups in total. The zero-order valence-corrected chi connectivity index (χ0v) is 23.9. The zero-order valence-electron chi connectivity index (χ0n) is 23.9. The first-order valence-corrected chi connectivity index (χ1v) is 14.8. The van der Waals surface area contributed by atoms with Gasteiger partial charge in [0.05, 0.1) is 18.6 Å². The fourth-order valence-corrected chi connectivity index (χ4v) is 8.33. The lowest BCUT2D eigenvalue weighted by molar-refractivity contribution is -0.150. The fraction of sp³-hybridized carbons (Fsp3) is 0.412. The summed E-state index contributed by atoms with van der Waals surface area (Å²) in [6, 6.07) is 15.7. The van der Waals surface area contributed by atoms with E-state index in [0.29, 0.717) is 18.2 Å². The molecule has 218 valence electrons. The van der Waals surface area contributed by atoms with E-state index in [1.165, 1.54) is 12.5 Å². The molecule has 42 heavy (non-hydrogen) atoms. The first-order chi connectivity index (χ1) is 20.4. The molecular formula is C34H36N2O6. The molecule has 2 aliphatic heterocycles. The average Bonchev–Trinajstić information content (AvgIpc) is 3.64. The van der Waals surface area contributed by atoms with Gasteiger partial charge in [-0.3, -0.25) is 14.5 Å². The number of hydrogen-bond donors (Lipinski definition) is 1. The number of ether oxygens (including phenoxy) is 2. The summed E-state index contributed by atoms with van der Waals surface area (Å²) in [7, 11) is 1.86. The Hall–Kier alpha value is -4.04. The van der Waals surface area contributed by atoms with Crippen LogP contribution >= 0.6 is 0 Å². The van der Waals surface area contributed by atoms with Crippen molar-refractivity contribution in [3.63, 3.8) is 0 Å². The number of phenolic OH excluding ortho intramolecular Hbond substituents is 1. The van der Waals surface area contributed by atoms with E-state index in [2.05, 4.69) is 4.90 Å². The molecule has 6 atom stereocenters. The molecular weight excluding hydrogens is 532 g/mol. The minimum absolute atomic E-state index is 0.0862. The van der Waals surface area contributed by atoms with Crippen molar-refractivity contribution in [2.45, 2.75) is 62.3 Å². The second-order valence-corrected chi connectivity index (χ2v) is 12.1. The summed E-state index contributed by atoms with van der Waals surface area (Å²) in [5, 5.41) is 10.9. The fourth-order valence-electron chi connectivity index (χ4n) is 8.33. The molecule has 3 aromatic rings. The van der Waals surface area contributed by atoms with Crippen LogP contribution in [0.3, 0.4) is 0 Å². The van der Waals surface area contributed by atoms with Crippen LogP contribution < -0.4 is 4.74 Å². The maximum Gasteiger partial charge on any atom is 0.303 e. The number of hydrogen-bond acceptors (Lipinski definition) is 7. The van der Waals surface area contributed by atoms with Gasteiger partial charge in [-0.25, -0.2) is 0 Å². The Morgan fingerprint density at radius 3 is 2.79 bits per heavy atom. The van der Waals surface area contributed by atoms with E-state index in [9.17, 15) is 14.7 Å². The van der Waals surface area contributed by atoms with Crippen molar-refractivity contribution in [3.05, 3.63) is 89.4 Å². The smallest absolute Gasteiger partial charge is 0.303 e. The summed E-state index contributed by atoms with van der Waals surface area (Å²) in [6.45, 7) is 2.90. The van der Waals surface area contributed by atoms with Gasteiger partial charge in [-0.2, -0.15) is 0 Å². The number of esters is 1. The van der Waals surface area contributed by atoms with Gasteiger partial charge in [0.2, 0.25) is 5.91 Å². The zero-order chi connectivity index (χ0) is 29.0. The highest BCUT2D eigenvalue weighted by Crippen LogP contribution is 2.64. The van der Waals surface area contributed by atoms with Crippen LogP contribution in [-0.4, -0.2) is 65.1 Å². The second kappa shape index (κ2) is 10.3. The number of aromatic hydroxyl groups is 1. The van der Waals surface area contributed by atoms with Gasteiger partial charge in [0.1, 0.15) is 12.2 Å². The molecule has 2 aliphatic carbocycles.